The Labute approximate surface area is 76.3 Å². The van der Waals surface area contributed by atoms with Gasteiger partial charge in [0.2, 0.25) is 5.95 Å². The van der Waals surface area contributed by atoms with Crippen LogP contribution in [-0.4, -0.2) is 20.2 Å². The van der Waals surface area contributed by atoms with E-state index in [1.165, 1.54) is 25.7 Å². The zero-order valence-electron chi connectivity index (χ0n) is 7.43. The quantitative estimate of drug-likeness (QED) is 0.686. The van der Waals surface area contributed by atoms with Gasteiger partial charge in [-0.05, 0) is 41.5 Å². The highest BCUT2D eigenvalue weighted by molar-refractivity contribution is 5.13. The maximum atomic E-state index is 5.68. The second-order valence-corrected chi connectivity index (χ2v) is 4.22. The highest BCUT2D eigenvalue weighted by atomic mass is 15.6. The normalized spacial score (nSPS) is 37.1. The van der Waals surface area contributed by atoms with Gasteiger partial charge in [0.05, 0.1) is 6.04 Å². The van der Waals surface area contributed by atoms with Gasteiger partial charge in [-0.25, -0.2) is 4.68 Å². The SMILES string of the molecule is Nc1nnnn1C1CC2CCC1C2. The molecule has 13 heavy (non-hydrogen) atoms. The summed E-state index contributed by atoms with van der Waals surface area (Å²) >= 11 is 0. The molecule has 5 nitrogen and oxygen atoms in total. The Morgan fingerprint density at radius 3 is 2.77 bits per heavy atom. The fraction of sp³-hybridized carbons (Fsp3) is 0.875. The van der Waals surface area contributed by atoms with Gasteiger partial charge in [-0.1, -0.05) is 11.5 Å². The third-order valence-corrected chi connectivity index (χ3v) is 3.53. The maximum absolute atomic E-state index is 5.68. The van der Waals surface area contributed by atoms with E-state index in [0.717, 1.165) is 11.8 Å². The van der Waals surface area contributed by atoms with Crippen LogP contribution in [0.25, 0.3) is 0 Å². The molecule has 3 unspecified atom stereocenters. The molecule has 2 saturated carbocycles. The summed E-state index contributed by atoms with van der Waals surface area (Å²) in [5, 5.41) is 11.3. The second-order valence-electron chi connectivity index (χ2n) is 4.22. The first-order valence-corrected chi connectivity index (χ1v) is 4.88. The predicted octanol–water partition coefficient (Wildman–Crippen LogP) is 0.616. The third-order valence-electron chi connectivity index (χ3n) is 3.53. The molecule has 1 aromatic rings. The lowest BCUT2D eigenvalue weighted by Gasteiger charge is -2.21. The Bertz CT molecular complexity index is 320. The molecule has 1 aromatic heterocycles. The molecule has 2 N–H and O–H groups in total. The number of hydrogen-bond donors (Lipinski definition) is 1. The van der Waals surface area contributed by atoms with Gasteiger partial charge in [0, 0.05) is 0 Å². The van der Waals surface area contributed by atoms with Crippen molar-refractivity contribution in [3.8, 4) is 0 Å². The molecular formula is C8H13N5. The Morgan fingerprint density at radius 2 is 2.23 bits per heavy atom. The van der Waals surface area contributed by atoms with Crippen LogP contribution in [-0.2, 0) is 0 Å². The average Bonchev–Trinajstić information content (AvgIpc) is 2.77. The molecular weight excluding hydrogens is 166 g/mol. The molecule has 5 heteroatoms. The molecule has 0 amide bonds. The summed E-state index contributed by atoms with van der Waals surface area (Å²) in [6, 6.07) is 0.480. The largest absolute Gasteiger partial charge is 0.367 e. The van der Waals surface area contributed by atoms with Gasteiger partial charge in [0.25, 0.3) is 0 Å². The molecule has 3 atom stereocenters. The van der Waals surface area contributed by atoms with E-state index in [2.05, 4.69) is 15.5 Å². The van der Waals surface area contributed by atoms with Crippen LogP contribution >= 0.6 is 0 Å². The van der Waals surface area contributed by atoms with E-state index >= 15 is 0 Å². The van der Waals surface area contributed by atoms with Gasteiger partial charge in [0.15, 0.2) is 0 Å². The summed E-state index contributed by atoms with van der Waals surface area (Å²) in [7, 11) is 0. The second kappa shape index (κ2) is 2.43. The number of rotatable bonds is 1. The van der Waals surface area contributed by atoms with E-state index in [1.807, 2.05) is 4.68 Å². The number of hydrogen-bond acceptors (Lipinski definition) is 4. The van der Waals surface area contributed by atoms with Crippen molar-refractivity contribution in [3.05, 3.63) is 0 Å². The summed E-state index contributed by atoms with van der Waals surface area (Å²) in [4.78, 5) is 0. The van der Waals surface area contributed by atoms with E-state index in [1.54, 1.807) is 0 Å². The van der Waals surface area contributed by atoms with Gasteiger partial charge < -0.3 is 5.73 Å². The summed E-state index contributed by atoms with van der Waals surface area (Å²) < 4.78 is 1.81. The molecule has 2 aliphatic rings. The summed E-state index contributed by atoms with van der Waals surface area (Å²) in [6.45, 7) is 0. The maximum Gasteiger partial charge on any atom is 0.240 e. The topological polar surface area (TPSA) is 69.6 Å². The molecule has 2 fully saturated rings. The molecule has 0 saturated heterocycles. The van der Waals surface area contributed by atoms with E-state index < -0.39 is 0 Å². The molecule has 2 aliphatic carbocycles. The number of nitrogen functional groups attached to an aromatic ring is 1. The monoisotopic (exact) mass is 179 g/mol. The fourth-order valence-electron chi connectivity index (χ4n) is 2.95. The lowest BCUT2D eigenvalue weighted by atomic mass is 9.96. The van der Waals surface area contributed by atoms with Crippen LogP contribution in [0, 0.1) is 11.8 Å². The fourth-order valence-corrected chi connectivity index (χ4v) is 2.95. The average molecular weight is 179 g/mol. The highest BCUT2D eigenvalue weighted by Gasteiger charge is 2.41. The zero-order chi connectivity index (χ0) is 8.84. The van der Waals surface area contributed by atoms with Crippen LogP contribution < -0.4 is 5.73 Å². The molecule has 70 valence electrons. The van der Waals surface area contributed by atoms with Crippen molar-refractivity contribution >= 4 is 5.95 Å². The Hall–Kier alpha value is -1.13. The number of tetrazole rings is 1. The van der Waals surface area contributed by atoms with Crippen LogP contribution in [0.15, 0.2) is 0 Å². The van der Waals surface area contributed by atoms with Crippen molar-refractivity contribution in [2.45, 2.75) is 31.7 Å². The van der Waals surface area contributed by atoms with Crippen molar-refractivity contribution in [2.75, 3.05) is 5.73 Å². The molecule has 0 spiro atoms. The number of anilines is 1. The van der Waals surface area contributed by atoms with Crippen molar-refractivity contribution in [1.82, 2.24) is 20.2 Å². The molecule has 3 rings (SSSR count). The number of nitrogens with two attached hydrogens (primary N) is 1. The van der Waals surface area contributed by atoms with Crippen LogP contribution in [0.2, 0.25) is 0 Å². The highest BCUT2D eigenvalue weighted by Crippen LogP contribution is 2.50. The van der Waals surface area contributed by atoms with Gasteiger partial charge in [-0.2, -0.15) is 0 Å². The van der Waals surface area contributed by atoms with Crippen LogP contribution in [0.5, 0.6) is 0 Å². The third kappa shape index (κ3) is 0.959. The van der Waals surface area contributed by atoms with Crippen LogP contribution in [0.1, 0.15) is 31.7 Å². The summed E-state index contributed by atoms with van der Waals surface area (Å²) in [6.07, 6.45) is 5.29. The lowest BCUT2D eigenvalue weighted by molar-refractivity contribution is 0.305. The van der Waals surface area contributed by atoms with E-state index in [0.29, 0.717) is 12.0 Å². The van der Waals surface area contributed by atoms with Crippen LogP contribution in [0.4, 0.5) is 5.95 Å². The Kier molecular flexibility index (Phi) is 1.36. The summed E-state index contributed by atoms with van der Waals surface area (Å²) in [5.41, 5.74) is 5.68. The molecule has 1 heterocycles. The minimum absolute atomic E-state index is 0.470. The van der Waals surface area contributed by atoms with Crippen molar-refractivity contribution in [1.29, 1.82) is 0 Å². The van der Waals surface area contributed by atoms with Crippen molar-refractivity contribution in [2.24, 2.45) is 11.8 Å². The standard InChI is InChI=1S/C8H13N5/c9-8-10-11-12-13(8)7-4-5-1-2-6(7)3-5/h5-7H,1-4H2,(H2,9,10,12). The predicted molar refractivity (Wildman–Crippen MR) is 46.7 cm³/mol. The van der Waals surface area contributed by atoms with Gasteiger partial charge in [0.1, 0.15) is 0 Å². The number of aromatic nitrogens is 4. The van der Waals surface area contributed by atoms with Crippen molar-refractivity contribution < 1.29 is 0 Å². The number of nitrogens with zero attached hydrogens (tertiary/aromatic N) is 4. The van der Waals surface area contributed by atoms with Crippen molar-refractivity contribution in [3.63, 3.8) is 0 Å². The smallest absolute Gasteiger partial charge is 0.240 e. The van der Waals surface area contributed by atoms with E-state index in [4.69, 9.17) is 5.73 Å². The minimum Gasteiger partial charge on any atom is -0.367 e. The molecule has 2 bridgehead atoms. The Balaban J connectivity index is 1.91. The first-order chi connectivity index (χ1) is 6.34. The lowest BCUT2D eigenvalue weighted by Crippen LogP contribution is -2.19. The summed E-state index contributed by atoms with van der Waals surface area (Å²) in [5.74, 6) is 2.15. The Morgan fingerprint density at radius 1 is 1.31 bits per heavy atom. The first kappa shape index (κ1) is 7.29. The van der Waals surface area contributed by atoms with Gasteiger partial charge >= 0.3 is 0 Å². The number of fused-ring (bicyclic) bond motifs is 2. The molecule has 0 aliphatic heterocycles. The zero-order valence-corrected chi connectivity index (χ0v) is 7.43. The molecule has 0 aromatic carbocycles. The first-order valence-electron chi connectivity index (χ1n) is 4.88. The van der Waals surface area contributed by atoms with E-state index in [-0.39, 0.29) is 0 Å². The van der Waals surface area contributed by atoms with Crippen LogP contribution in [0.3, 0.4) is 0 Å². The van der Waals surface area contributed by atoms with Gasteiger partial charge in [-0.15, -0.1) is 0 Å². The molecule has 0 radical (unpaired) electrons. The minimum atomic E-state index is 0.470. The van der Waals surface area contributed by atoms with Gasteiger partial charge in [-0.3, -0.25) is 0 Å². The van der Waals surface area contributed by atoms with E-state index in [9.17, 15) is 0 Å².